The molecule has 0 spiro atoms. The molecule has 9 aromatic carbocycles. The van der Waals surface area contributed by atoms with E-state index in [1.807, 2.05) is 0 Å². The van der Waals surface area contributed by atoms with Gasteiger partial charge < -0.3 is 13.8 Å². The van der Waals surface area contributed by atoms with Crippen LogP contribution in [-0.2, 0) is 0 Å². The molecule has 0 fully saturated rings. The zero-order chi connectivity index (χ0) is 36.6. The Morgan fingerprint density at radius 3 is 2.11 bits per heavy atom. The lowest BCUT2D eigenvalue weighted by Gasteiger charge is -2.41. The number of furan rings is 1. The molecule has 0 atom stereocenters. The summed E-state index contributed by atoms with van der Waals surface area (Å²) in [5.41, 5.74) is 15.2. The summed E-state index contributed by atoms with van der Waals surface area (Å²) in [6, 6.07) is 62.7. The number of para-hydroxylation sites is 3. The van der Waals surface area contributed by atoms with Gasteiger partial charge in [0.1, 0.15) is 11.2 Å². The quantitative estimate of drug-likeness (QED) is 0.103. The standard InChI is InChI=1S/C51H30BN2OP/c1-56-37-25-35(30-12-3-2-4-13-30)24-36(28-37)53-44-27-34-23-32-15-6-5-14-31(32)22-33(34)26-42(44)52-50-45(53)29-47-48(40-17-8-10-21-46(40)55-47)49(50)41-19-11-18-39-38-16-7-9-20-43(38)54(52)51(39)41/h2-29H,1H2. The third-order valence-corrected chi connectivity index (χ3v) is 12.9. The van der Waals surface area contributed by atoms with Gasteiger partial charge in [0.25, 0.3) is 0 Å². The molecule has 0 saturated carbocycles. The summed E-state index contributed by atoms with van der Waals surface area (Å²) in [6.07, 6.45) is 4.35. The smallest absolute Gasteiger partial charge is 0.333 e. The Morgan fingerprint density at radius 1 is 0.536 bits per heavy atom. The molecule has 258 valence electrons. The maximum absolute atomic E-state index is 6.85. The molecule has 2 aliphatic rings. The molecule has 0 radical (unpaired) electrons. The molecule has 5 heteroatoms. The monoisotopic (exact) mass is 728 g/mol. The first-order valence-electron chi connectivity index (χ1n) is 19.2. The Kier molecular flexibility index (Phi) is 6.04. The first kappa shape index (κ1) is 30.5. The molecule has 0 aliphatic carbocycles. The summed E-state index contributed by atoms with van der Waals surface area (Å²) < 4.78 is 9.49. The van der Waals surface area contributed by atoms with Crippen LogP contribution in [-0.4, -0.2) is 17.6 Å². The molecule has 0 N–H and O–H groups in total. The first-order valence-corrected chi connectivity index (χ1v) is 20.2. The van der Waals surface area contributed by atoms with Crippen LogP contribution in [0.1, 0.15) is 0 Å². The molecule has 0 unspecified atom stereocenters. The van der Waals surface area contributed by atoms with Crippen molar-refractivity contribution in [2.24, 2.45) is 0 Å². The number of rotatable bonds is 3. The fourth-order valence-electron chi connectivity index (χ4n) is 10.0. The molecule has 56 heavy (non-hydrogen) atoms. The largest absolute Gasteiger partial charge is 0.456 e. The number of benzene rings is 9. The second-order valence-corrected chi connectivity index (χ2v) is 16.0. The van der Waals surface area contributed by atoms with Crippen LogP contribution < -0.4 is 21.1 Å². The van der Waals surface area contributed by atoms with Crippen LogP contribution in [0.3, 0.4) is 0 Å². The van der Waals surface area contributed by atoms with Gasteiger partial charge in [0, 0.05) is 66.6 Å². The molecular weight excluding hydrogens is 698 g/mol. The van der Waals surface area contributed by atoms with Crippen LogP contribution in [0, 0.1) is 0 Å². The van der Waals surface area contributed by atoms with Gasteiger partial charge in [-0.3, -0.25) is 0 Å². The Hall–Kier alpha value is -6.87. The van der Waals surface area contributed by atoms with E-state index in [4.69, 9.17) is 4.42 Å². The molecule has 13 rings (SSSR count). The van der Waals surface area contributed by atoms with Crippen molar-refractivity contribution in [3.63, 3.8) is 0 Å². The van der Waals surface area contributed by atoms with Crippen LogP contribution >= 0.6 is 8.20 Å². The maximum atomic E-state index is 6.85. The van der Waals surface area contributed by atoms with Crippen molar-refractivity contribution >= 4 is 120 Å². The van der Waals surface area contributed by atoms with Gasteiger partial charge in [-0.25, -0.2) is 0 Å². The van der Waals surface area contributed by atoms with Crippen molar-refractivity contribution in [1.82, 2.24) is 4.48 Å². The highest BCUT2D eigenvalue weighted by atomic mass is 31.1. The van der Waals surface area contributed by atoms with Gasteiger partial charge in [0.2, 0.25) is 0 Å². The summed E-state index contributed by atoms with van der Waals surface area (Å²) in [4.78, 5) is 2.52. The molecule has 11 aromatic rings. The number of hydrogen-bond donors (Lipinski definition) is 0. The van der Waals surface area contributed by atoms with Crippen molar-refractivity contribution in [3.05, 3.63) is 170 Å². The van der Waals surface area contributed by atoms with Gasteiger partial charge in [-0.05, 0) is 97.7 Å². The van der Waals surface area contributed by atoms with Gasteiger partial charge >= 0.3 is 6.85 Å². The van der Waals surface area contributed by atoms with Crippen molar-refractivity contribution in [3.8, 4) is 22.3 Å². The van der Waals surface area contributed by atoms with Crippen molar-refractivity contribution < 1.29 is 4.42 Å². The van der Waals surface area contributed by atoms with Crippen LogP contribution in [0.25, 0.3) is 87.5 Å². The Labute approximate surface area is 324 Å². The minimum absolute atomic E-state index is 0.0831. The average molecular weight is 729 g/mol. The molecule has 0 amide bonds. The number of hydrogen-bond acceptors (Lipinski definition) is 2. The molecule has 0 saturated heterocycles. The van der Waals surface area contributed by atoms with Crippen LogP contribution in [0.5, 0.6) is 0 Å². The minimum atomic E-state index is -0.0831. The number of anilines is 3. The third-order valence-electron chi connectivity index (χ3n) is 12.3. The fourth-order valence-corrected chi connectivity index (χ4v) is 10.5. The van der Waals surface area contributed by atoms with E-state index < -0.39 is 0 Å². The van der Waals surface area contributed by atoms with Gasteiger partial charge in [-0.2, -0.15) is 0 Å². The SMILES string of the molecule is C=Pc1cc(-c2ccccc2)cc(N2c3cc4cc5ccccc5cc4cc3B3c4c2cc2oc5ccccc5c2c4-c2cccc4c5ccccc5n3c24)c1. The third kappa shape index (κ3) is 4.01. The van der Waals surface area contributed by atoms with E-state index in [-0.39, 0.29) is 6.85 Å². The van der Waals surface area contributed by atoms with Gasteiger partial charge in [0.15, 0.2) is 0 Å². The zero-order valence-electron chi connectivity index (χ0n) is 30.2. The highest BCUT2D eigenvalue weighted by Gasteiger charge is 2.44. The van der Waals surface area contributed by atoms with E-state index in [2.05, 4.69) is 186 Å². The van der Waals surface area contributed by atoms with E-state index in [9.17, 15) is 0 Å². The molecule has 2 aromatic heterocycles. The average Bonchev–Trinajstić information content (AvgIpc) is 3.79. The van der Waals surface area contributed by atoms with Crippen LogP contribution in [0.4, 0.5) is 17.1 Å². The lowest BCUT2D eigenvalue weighted by Crippen LogP contribution is -2.56. The van der Waals surface area contributed by atoms with E-state index >= 15 is 0 Å². The molecule has 4 heterocycles. The van der Waals surface area contributed by atoms with E-state index in [0.717, 1.165) is 36.1 Å². The van der Waals surface area contributed by atoms with Gasteiger partial charge in [-0.15, -0.1) is 0 Å². The Balaban J connectivity index is 1.24. The second-order valence-electron chi connectivity index (χ2n) is 15.2. The highest BCUT2D eigenvalue weighted by molar-refractivity contribution is 7.45. The Morgan fingerprint density at radius 2 is 1.27 bits per heavy atom. The molecule has 3 nitrogen and oxygen atoms in total. The van der Waals surface area contributed by atoms with Gasteiger partial charge in [0.05, 0.1) is 0 Å². The lowest BCUT2D eigenvalue weighted by atomic mass is 9.44. The fraction of sp³-hybridized carbons (Fsp3) is 0. The topological polar surface area (TPSA) is 21.3 Å². The van der Waals surface area contributed by atoms with Gasteiger partial charge in [-0.1, -0.05) is 130 Å². The summed E-state index contributed by atoms with van der Waals surface area (Å²) in [6.45, 7) is -0.0831. The molecule has 0 bridgehead atoms. The lowest BCUT2D eigenvalue weighted by molar-refractivity contribution is 0.669. The minimum Gasteiger partial charge on any atom is -0.456 e. The highest BCUT2D eigenvalue weighted by Crippen LogP contribution is 2.50. The number of nitrogens with zero attached hydrogens (tertiary/aromatic N) is 2. The predicted octanol–water partition coefficient (Wildman–Crippen LogP) is 12.1. The van der Waals surface area contributed by atoms with E-state index in [0.29, 0.717) is 0 Å². The first-order chi connectivity index (χ1) is 27.7. The van der Waals surface area contributed by atoms with E-state index in [1.165, 1.54) is 92.9 Å². The summed E-state index contributed by atoms with van der Waals surface area (Å²) in [5, 5.41) is 11.0. The number of aromatic nitrogens is 1. The zero-order valence-corrected chi connectivity index (χ0v) is 31.1. The van der Waals surface area contributed by atoms with Crippen molar-refractivity contribution in [1.29, 1.82) is 0 Å². The van der Waals surface area contributed by atoms with Crippen LogP contribution in [0.2, 0.25) is 0 Å². The molecular formula is C51H30BN2OP. The maximum Gasteiger partial charge on any atom is 0.333 e. The van der Waals surface area contributed by atoms with Crippen LogP contribution in [0.15, 0.2) is 174 Å². The van der Waals surface area contributed by atoms with Crippen molar-refractivity contribution in [2.45, 2.75) is 0 Å². The normalized spacial score (nSPS) is 13.1. The predicted molar refractivity (Wildman–Crippen MR) is 241 cm³/mol. The van der Waals surface area contributed by atoms with Crippen molar-refractivity contribution in [2.75, 3.05) is 4.90 Å². The van der Waals surface area contributed by atoms with E-state index in [1.54, 1.807) is 0 Å². The number of fused-ring (bicyclic) bond motifs is 13. The summed E-state index contributed by atoms with van der Waals surface area (Å²) in [5.74, 6) is 0. The molecule has 2 aliphatic heterocycles. The summed E-state index contributed by atoms with van der Waals surface area (Å²) >= 11 is 0. The Bertz CT molecular complexity index is 3530. The second kappa shape index (κ2) is 11.1. The summed E-state index contributed by atoms with van der Waals surface area (Å²) in [7, 11) is 0.968.